The van der Waals surface area contributed by atoms with Crippen LogP contribution >= 0.6 is 12.6 Å². The summed E-state index contributed by atoms with van der Waals surface area (Å²) in [6.45, 7) is 1.97. The van der Waals surface area contributed by atoms with E-state index in [1.54, 1.807) is 13.0 Å². The number of carbonyl (C=O) groups excluding carboxylic acids is 1. The highest BCUT2D eigenvalue weighted by molar-refractivity contribution is 7.80. The lowest BCUT2D eigenvalue weighted by Gasteiger charge is -2.06. The van der Waals surface area contributed by atoms with Crippen LogP contribution in [0.5, 0.6) is 0 Å². The number of nitriles is 1. The van der Waals surface area contributed by atoms with Crippen molar-refractivity contribution >= 4 is 18.6 Å². The second-order valence-electron chi connectivity index (χ2n) is 3.03. The van der Waals surface area contributed by atoms with E-state index in [0.717, 1.165) is 0 Å². The molecule has 0 unspecified atom stereocenters. The summed E-state index contributed by atoms with van der Waals surface area (Å²) in [6.07, 6.45) is -0.0463. The minimum absolute atomic E-state index is 0.0205. The number of benzene rings is 1. The Morgan fingerprint density at radius 3 is 2.88 bits per heavy atom. The van der Waals surface area contributed by atoms with Crippen LogP contribution in [0.15, 0.2) is 17.0 Å². The molecule has 1 rings (SSSR count). The number of nitrogens with zero attached hydrogens (tertiary/aromatic N) is 1. The van der Waals surface area contributed by atoms with Crippen molar-refractivity contribution in [2.75, 3.05) is 6.61 Å². The van der Waals surface area contributed by atoms with Crippen LogP contribution < -0.4 is 0 Å². The topological polar surface area (TPSA) is 50.1 Å². The van der Waals surface area contributed by atoms with Crippen molar-refractivity contribution in [2.24, 2.45) is 0 Å². The van der Waals surface area contributed by atoms with Gasteiger partial charge >= 0.3 is 5.97 Å². The van der Waals surface area contributed by atoms with Gasteiger partial charge in [-0.15, -0.1) is 12.6 Å². The number of hydrogen-bond acceptors (Lipinski definition) is 4. The fraction of sp³-hybridized carbons (Fsp3) is 0.273. The Kier molecular flexibility index (Phi) is 4.32. The van der Waals surface area contributed by atoms with Gasteiger partial charge in [0.15, 0.2) is 5.82 Å². The normalized spacial score (nSPS) is 9.62. The maximum absolute atomic E-state index is 13.4. The largest absolute Gasteiger partial charge is 0.466 e. The predicted molar refractivity (Wildman–Crippen MR) is 58.7 cm³/mol. The third kappa shape index (κ3) is 2.74. The van der Waals surface area contributed by atoms with E-state index in [1.165, 1.54) is 12.1 Å². The SMILES string of the molecule is CCOC(=O)Cc1ccc(C#N)c(F)c1S. The average molecular weight is 239 g/mol. The Balaban J connectivity index is 2.96. The zero-order valence-electron chi connectivity index (χ0n) is 8.66. The average Bonchev–Trinajstić information content (AvgIpc) is 2.25. The highest BCUT2D eigenvalue weighted by Gasteiger charge is 2.13. The van der Waals surface area contributed by atoms with Gasteiger partial charge in [0.1, 0.15) is 6.07 Å². The molecule has 0 aliphatic carbocycles. The predicted octanol–water partition coefficient (Wildman–Crippen LogP) is 2.09. The van der Waals surface area contributed by atoms with Crippen molar-refractivity contribution in [1.29, 1.82) is 5.26 Å². The van der Waals surface area contributed by atoms with Crippen LogP contribution in [0.25, 0.3) is 0 Å². The van der Waals surface area contributed by atoms with Crippen molar-refractivity contribution in [3.8, 4) is 6.07 Å². The summed E-state index contributed by atoms with van der Waals surface area (Å²) in [6, 6.07) is 4.53. The maximum atomic E-state index is 13.4. The van der Waals surface area contributed by atoms with Crippen molar-refractivity contribution in [2.45, 2.75) is 18.2 Å². The number of halogens is 1. The molecule has 0 aliphatic rings. The summed E-state index contributed by atoms with van der Waals surface area (Å²) in [5, 5.41) is 8.58. The molecule has 0 heterocycles. The molecule has 1 aromatic rings. The highest BCUT2D eigenvalue weighted by Crippen LogP contribution is 2.21. The molecule has 1 aromatic carbocycles. The first kappa shape index (κ1) is 12.5. The van der Waals surface area contributed by atoms with E-state index in [9.17, 15) is 9.18 Å². The van der Waals surface area contributed by atoms with Crippen LogP contribution in [-0.4, -0.2) is 12.6 Å². The van der Waals surface area contributed by atoms with Gasteiger partial charge in [-0.1, -0.05) is 6.07 Å². The lowest BCUT2D eigenvalue weighted by Crippen LogP contribution is -2.08. The fourth-order valence-electron chi connectivity index (χ4n) is 1.20. The maximum Gasteiger partial charge on any atom is 0.310 e. The Morgan fingerprint density at radius 2 is 2.31 bits per heavy atom. The van der Waals surface area contributed by atoms with E-state index in [4.69, 9.17) is 10.00 Å². The van der Waals surface area contributed by atoms with E-state index in [2.05, 4.69) is 12.6 Å². The van der Waals surface area contributed by atoms with Crippen LogP contribution in [0.1, 0.15) is 18.1 Å². The van der Waals surface area contributed by atoms with Crippen molar-refractivity contribution in [1.82, 2.24) is 0 Å². The molecule has 0 radical (unpaired) electrons. The summed E-state index contributed by atoms with van der Waals surface area (Å²) in [4.78, 5) is 11.2. The van der Waals surface area contributed by atoms with E-state index in [0.29, 0.717) is 5.56 Å². The molecule has 0 atom stereocenters. The standard InChI is InChI=1S/C11H10FNO2S/c1-2-15-9(14)5-7-3-4-8(6-13)10(12)11(7)16/h3-4,16H,2,5H2,1H3. The molecule has 0 amide bonds. The van der Waals surface area contributed by atoms with Crippen LogP contribution in [0.2, 0.25) is 0 Å². The summed E-state index contributed by atoms with van der Waals surface area (Å²) < 4.78 is 18.2. The molecule has 0 aromatic heterocycles. The van der Waals surface area contributed by atoms with Crippen LogP contribution in [0.3, 0.4) is 0 Å². The fourth-order valence-corrected chi connectivity index (χ4v) is 1.48. The molecule has 0 aliphatic heterocycles. The van der Waals surface area contributed by atoms with Gasteiger partial charge < -0.3 is 4.74 Å². The quantitative estimate of drug-likeness (QED) is 0.649. The van der Waals surface area contributed by atoms with Gasteiger partial charge in [-0.2, -0.15) is 5.26 Å². The second-order valence-corrected chi connectivity index (χ2v) is 3.48. The number of esters is 1. The summed E-state index contributed by atoms with van der Waals surface area (Å²) in [7, 11) is 0. The molecule has 16 heavy (non-hydrogen) atoms. The number of rotatable bonds is 3. The smallest absolute Gasteiger partial charge is 0.310 e. The number of ether oxygens (including phenoxy) is 1. The molecule has 0 N–H and O–H groups in total. The lowest BCUT2D eigenvalue weighted by atomic mass is 10.1. The molecular weight excluding hydrogens is 229 g/mol. The van der Waals surface area contributed by atoms with Crippen LogP contribution in [-0.2, 0) is 16.0 Å². The van der Waals surface area contributed by atoms with Crippen molar-refractivity contribution in [3.63, 3.8) is 0 Å². The molecule has 84 valence electrons. The van der Waals surface area contributed by atoms with Gasteiger partial charge in [0.25, 0.3) is 0 Å². The van der Waals surface area contributed by atoms with E-state index in [-0.39, 0.29) is 23.5 Å². The second kappa shape index (κ2) is 5.52. The van der Waals surface area contributed by atoms with E-state index < -0.39 is 11.8 Å². The van der Waals surface area contributed by atoms with Crippen LogP contribution in [0.4, 0.5) is 4.39 Å². The molecule has 3 nitrogen and oxygen atoms in total. The zero-order valence-corrected chi connectivity index (χ0v) is 9.55. The number of hydrogen-bond donors (Lipinski definition) is 1. The Labute approximate surface area is 98.2 Å². The minimum atomic E-state index is -0.701. The monoisotopic (exact) mass is 239 g/mol. The van der Waals surface area contributed by atoms with Gasteiger partial charge in [0.05, 0.1) is 18.6 Å². The number of carbonyl (C=O) groups is 1. The van der Waals surface area contributed by atoms with Gasteiger partial charge in [0.2, 0.25) is 0 Å². The molecule has 0 bridgehead atoms. The zero-order chi connectivity index (χ0) is 12.1. The first-order valence-electron chi connectivity index (χ1n) is 4.66. The van der Waals surface area contributed by atoms with Gasteiger partial charge in [-0.05, 0) is 18.6 Å². The third-order valence-corrected chi connectivity index (χ3v) is 2.44. The van der Waals surface area contributed by atoms with E-state index >= 15 is 0 Å². The van der Waals surface area contributed by atoms with E-state index in [1.807, 2.05) is 0 Å². The highest BCUT2D eigenvalue weighted by atomic mass is 32.1. The Bertz CT molecular complexity index is 454. The molecule has 0 spiro atoms. The van der Waals surface area contributed by atoms with Crippen LogP contribution in [0, 0.1) is 17.1 Å². The summed E-state index contributed by atoms with van der Waals surface area (Å²) in [5.41, 5.74) is 0.330. The Hall–Kier alpha value is -1.54. The third-order valence-electron chi connectivity index (χ3n) is 1.96. The molecule has 0 saturated heterocycles. The van der Waals surface area contributed by atoms with Gasteiger partial charge in [-0.25, -0.2) is 4.39 Å². The van der Waals surface area contributed by atoms with Crippen molar-refractivity contribution in [3.05, 3.63) is 29.1 Å². The summed E-state index contributed by atoms with van der Waals surface area (Å²) in [5.74, 6) is -1.14. The summed E-state index contributed by atoms with van der Waals surface area (Å²) >= 11 is 3.94. The molecule has 0 saturated carbocycles. The first-order chi connectivity index (χ1) is 7.60. The molecule has 0 fully saturated rings. The van der Waals surface area contributed by atoms with Gasteiger partial charge in [-0.3, -0.25) is 4.79 Å². The molecule has 5 heteroatoms. The minimum Gasteiger partial charge on any atom is -0.466 e. The van der Waals surface area contributed by atoms with Gasteiger partial charge in [0, 0.05) is 4.90 Å². The number of thiol groups is 1. The van der Waals surface area contributed by atoms with Crippen molar-refractivity contribution < 1.29 is 13.9 Å². The first-order valence-corrected chi connectivity index (χ1v) is 5.11. The Morgan fingerprint density at radius 1 is 1.62 bits per heavy atom. The molecular formula is C11H10FNO2S. The lowest BCUT2D eigenvalue weighted by molar-refractivity contribution is -0.142.